The van der Waals surface area contributed by atoms with Gasteiger partial charge in [0.1, 0.15) is 0 Å². The van der Waals surface area contributed by atoms with Crippen LogP contribution < -0.4 is 0 Å². The third-order valence-electron chi connectivity index (χ3n) is 2.66. The molecule has 0 heterocycles. The third kappa shape index (κ3) is 4.61. The van der Waals surface area contributed by atoms with E-state index in [1.807, 2.05) is 20.8 Å². The van der Waals surface area contributed by atoms with E-state index in [4.69, 9.17) is 9.84 Å². The van der Waals surface area contributed by atoms with Crippen molar-refractivity contribution in [2.75, 3.05) is 12.4 Å². The molecule has 112 valence electrons. The minimum Gasteiger partial charge on any atom is -0.478 e. The van der Waals surface area contributed by atoms with Gasteiger partial charge in [-0.25, -0.2) is 13.2 Å². The van der Waals surface area contributed by atoms with Gasteiger partial charge in [-0.15, -0.1) is 0 Å². The van der Waals surface area contributed by atoms with Gasteiger partial charge in [0.15, 0.2) is 9.84 Å². The molecule has 0 saturated heterocycles. The lowest BCUT2D eigenvalue weighted by molar-refractivity contribution is 0.00644. The predicted molar refractivity (Wildman–Crippen MR) is 75.9 cm³/mol. The molecule has 0 unspecified atom stereocenters. The molecule has 1 rings (SSSR count). The van der Waals surface area contributed by atoms with E-state index in [1.165, 1.54) is 18.2 Å². The highest BCUT2D eigenvalue weighted by atomic mass is 32.2. The number of ether oxygens (including phenoxy) is 1. The standard InChI is InChI=1S/C14H20O5S/c1-10-5-6-11(13(15)16)9-12(10)20(17,18)8-7-19-14(2,3)4/h5-6,9H,7-8H2,1-4H3,(H,15,16). The Labute approximate surface area is 119 Å². The van der Waals surface area contributed by atoms with Crippen LogP contribution in [-0.2, 0) is 14.6 Å². The summed E-state index contributed by atoms with van der Waals surface area (Å²) in [6.07, 6.45) is 0. The van der Waals surface area contributed by atoms with E-state index >= 15 is 0 Å². The van der Waals surface area contributed by atoms with E-state index < -0.39 is 21.4 Å². The molecule has 0 bridgehead atoms. The lowest BCUT2D eigenvalue weighted by Crippen LogP contribution is -2.24. The largest absolute Gasteiger partial charge is 0.478 e. The summed E-state index contributed by atoms with van der Waals surface area (Å²) in [5.41, 5.74) is 0.0877. The molecule has 0 aromatic heterocycles. The summed E-state index contributed by atoms with van der Waals surface area (Å²) in [4.78, 5) is 11.0. The first-order valence-corrected chi connectivity index (χ1v) is 7.89. The number of hydrogen-bond donors (Lipinski definition) is 1. The van der Waals surface area contributed by atoms with Gasteiger partial charge in [-0.1, -0.05) is 6.07 Å². The lowest BCUT2D eigenvalue weighted by Gasteiger charge is -2.19. The maximum absolute atomic E-state index is 12.2. The highest BCUT2D eigenvalue weighted by molar-refractivity contribution is 7.91. The zero-order chi connectivity index (χ0) is 15.6. The maximum Gasteiger partial charge on any atom is 0.335 e. The number of rotatable bonds is 5. The fourth-order valence-electron chi connectivity index (χ4n) is 1.64. The van der Waals surface area contributed by atoms with Crippen LogP contribution in [0.2, 0.25) is 0 Å². The zero-order valence-corrected chi connectivity index (χ0v) is 13.0. The average Bonchev–Trinajstić information content (AvgIpc) is 2.26. The van der Waals surface area contributed by atoms with Gasteiger partial charge in [-0.2, -0.15) is 0 Å². The number of carboxylic acids is 1. The second kappa shape index (κ2) is 5.93. The summed E-state index contributed by atoms with van der Waals surface area (Å²) in [6, 6.07) is 4.09. The zero-order valence-electron chi connectivity index (χ0n) is 12.1. The molecule has 0 saturated carbocycles. The first-order valence-electron chi connectivity index (χ1n) is 6.23. The van der Waals surface area contributed by atoms with Crippen LogP contribution in [-0.4, -0.2) is 37.5 Å². The topological polar surface area (TPSA) is 80.7 Å². The van der Waals surface area contributed by atoms with E-state index in [0.29, 0.717) is 5.56 Å². The minimum absolute atomic E-state index is 0.0362. The second-order valence-corrected chi connectivity index (χ2v) is 7.64. The van der Waals surface area contributed by atoms with Crippen LogP contribution >= 0.6 is 0 Å². The van der Waals surface area contributed by atoms with Crippen molar-refractivity contribution in [2.24, 2.45) is 0 Å². The number of carboxylic acid groups (broad SMARTS) is 1. The van der Waals surface area contributed by atoms with Gasteiger partial charge in [0, 0.05) is 0 Å². The summed E-state index contributed by atoms with van der Waals surface area (Å²) < 4.78 is 29.9. The van der Waals surface area contributed by atoms with Gasteiger partial charge in [0.25, 0.3) is 0 Å². The van der Waals surface area contributed by atoms with Crippen molar-refractivity contribution in [3.05, 3.63) is 29.3 Å². The quantitative estimate of drug-likeness (QED) is 0.902. The van der Waals surface area contributed by atoms with E-state index in [2.05, 4.69) is 0 Å². The van der Waals surface area contributed by atoms with Crippen molar-refractivity contribution in [3.63, 3.8) is 0 Å². The molecule has 0 aliphatic heterocycles. The summed E-state index contributed by atoms with van der Waals surface area (Å²) in [5.74, 6) is -1.32. The molecule has 5 nitrogen and oxygen atoms in total. The van der Waals surface area contributed by atoms with Crippen molar-refractivity contribution in [1.82, 2.24) is 0 Å². The molecular weight excluding hydrogens is 280 g/mol. The van der Waals surface area contributed by atoms with Crippen LogP contribution in [0, 0.1) is 6.92 Å². The number of aromatic carboxylic acids is 1. The van der Waals surface area contributed by atoms with Crippen molar-refractivity contribution in [3.8, 4) is 0 Å². The van der Waals surface area contributed by atoms with Crippen LogP contribution in [0.15, 0.2) is 23.1 Å². The Kier molecular flexibility index (Phi) is 4.94. The Hall–Kier alpha value is -1.40. The molecule has 6 heteroatoms. The summed E-state index contributed by atoms with van der Waals surface area (Å²) in [7, 11) is -3.56. The predicted octanol–water partition coefficient (Wildman–Crippen LogP) is 2.28. The van der Waals surface area contributed by atoms with E-state index in [9.17, 15) is 13.2 Å². The highest BCUT2D eigenvalue weighted by Crippen LogP contribution is 2.19. The van der Waals surface area contributed by atoms with Crippen LogP contribution in [0.25, 0.3) is 0 Å². The number of benzene rings is 1. The third-order valence-corrected chi connectivity index (χ3v) is 4.47. The summed E-state index contributed by atoms with van der Waals surface area (Å²) >= 11 is 0. The molecule has 0 spiro atoms. The van der Waals surface area contributed by atoms with Crippen molar-refractivity contribution in [1.29, 1.82) is 0 Å². The van der Waals surface area contributed by atoms with Gasteiger partial charge >= 0.3 is 5.97 Å². The maximum atomic E-state index is 12.2. The van der Waals surface area contributed by atoms with Crippen LogP contribution in [0.1, 0.15) is 36.7 Å². The molecular formula is C14H20O5S. The Morgan fingerprint density at radius 2 is 1.90 bits per heavy atom. The first kappa shape index (κ1) is 16.7. The van der Waals surface area contributed by atoms with Crippen LogP contribution in [0.4, 0.5) is 0 Å². The number of hydrogen-bond acceptors (Lipinski definition) is 4. The molecule has 1 aromatic carbocycles. The second-order valence-electron chi connectivity index (χ2n) is 5.57. The van der Waals surface area contributed by atoms with Crippen molar-refractivity contribution < 1.29 is 23.1 Å². The molecule has 0 amide bonds. The number of carbonyl (C=O) groups is 1. The first-order chi connectivity index (χ1) is 9.03. The monoisotopic (exact) mass is 300 g/mol. The molecule has 0 aliphatic rings. The Bertz CT molecular complexity index is 596. The Balaban J connectivity index is 2.97. The van der Waals surface area contributed by atoms with Gasteiger partial charge in [-0.3, -0.25) is 0 Å². The molecule has 0 aliphatic carbocycles. The summed E-state index contributed by atoms with van der Waals surface area (Å²) in [6.45, 7) is 7.24. The molecule has 20 heavy (non-hydrogen) atoms. The highest BCUT2D eigenvalue weighted by Gasteiger charge is 2.20. The fourth-order valence-corrected chi connectivity index (χ4v) is 3.02. The molecule has 0 radical (unpaired) electrons. The van der Waals surface area contributed by atoms with E-state index in [1.54, 1.807) is 6.92 Å². The van der Waals surface area contributed by atoms with Gasteiger partial charge in [0.05, 0.1) is 28.4 Å². The Morgan fingerprint density at radius 3 is 2.40 bits per heavy atom. The number of sulfone groups is 1. The van der Waals surface area contributed by atoms with E-state index in [0.717, 1.165) is 0 Å². The van der Waals surface area contributed by atoms with E-state index in [-0.39, 0.29) is 22.8 Å². The number of aryl methyl sites for hydroxylation is 1. The van der Waals surface area contributed by atoms with Crippen molar-refractivity contribution >= 4 is 15.8 Å². The SMILES string of the molecule is Cc1ccc(C(=O)O)cc1S(=O)(=O)CCOC(C)(C)C. The van der Waals surface area contributed by atoms with Gasteiger partial charge in [-0.05, 0) is 45.4 Å². The molecule has 1 aromatic rings. The average molecular weight is 300 g/mol. The minimum atomic E-state index is -3.56. The van der Waals surface area contributed by atoms with Gasteiger partial charge in [0.2, 0.25) is 0 Å². The molecule has 0 atom stereocenters. The normalized spacial score (nSPS) is 12.4. The Morgan fingerprint density at radius 1 is 1.30 bits per heavy atom. The summed E-state index contributed by atoms with van der Waals surface area (Å²) in [5, 5.41) is 8.93. The van der Waals surface area contributed by atoms with Crippen LogP contribution in [0.3, 0.4) is 0 Å². The fraction of sp³-hybridized carbons (Fsp3) is 0.500. The van der Waals surface area contributed by atoms with Gasteiger partial charge < -0.3 is 9.84 Å². The van der Waals surface area contributed by atoms with Crippen LogP contribution in [0.5, 0.6) is 0 Å². The smallest absolute Gasteiger partial charge is 0.335 e. The molecule has 0 fully saturated rings. The van der Waals surface area contributed by atoms with Crippen molar-refractivity contribution in [2.45, 2.75) is 38.2 Å². The lowest BCUT2D eigenvalue weighted by atomic mass is 10.1. The molecule has 1 N–H and O–H groups in total.